The average Bonchev–Trinajstić information content (AvgIpc) is 2.98. The largest absolute Gasteiger partial charge is 0.481 e. The summed E-state index contributed by atoms with van der Waals surface area (Å²) in [5.74, 6) is -0.170. The molecule has 0 saturated heterocycles. The molecule has 2 aromatic heterocycles. The highest BCUT2D eigenvalue weighted by Crippen LogP contribution is 2.27. The minimum Gasteiger partial charge on any atom is -0.481 e. The first kappa shape index (κ1) is 13.7. The molecule has 0 bridgehead atoms. The number of nitrogens with zero attached hydrogens (tertiary/aromatic N) is 4. The van der Waals surface area contributed by atoms with Crippen LogP contribution in [-0.2, 0) is 18.9 Å². The van der Waals surface area contributed by atoms with E-state index >= 15 is 0 Å². The van der Waals surface area contributed by atoms with Gasteiger partial charge in [-0.2, -0.15) is 0 Å². The molecule has 6 nitrogen and oxygen atoms in total. The van der Waals surface area contributed by atoms with Crippen molar-refractivity contribution in [3.05, 3.63) is 30.3 Å². The SMILES string of the molecule is Cn1c(SCC(=O)O)nnc1-c1cc2ccccc2n1C. The van der Waals surface area contributed by atoms with Gasteiger partial charge in [-0.3, -0.25) is 4.79 Å². The second-order valence-electron chi connectivity index (χ2n) is 4.70. The number of para-hydroxylation sites is 1. The summed E-state index contributed by atoms with van der Waals surface area (Å²) in [6.45, 7) is 0. The first-order valence-corrected chi connectivity index (χ1v) is 7.35. The van der Waals surface area contributed by atoms with Crippen molar-refractivity contribution in [1.29, 1.82) is 0 Å². The first-order valence-electron chi connectivity index (χ1n) is 6.36. The summed E-state index contributed by atoms with van der Waals surface area (Å²) < 4.78 is 3.88. The second kappa shape index (κ2) is 5.25. The van der Waals surface area contributed by atoms with Gasteiger partial charge in [0.15, 0.2) is 11.0 Å². The van der Waals surface area contributed by atoms with Crippen LogP contribution in [0.25, 0.3) is 22.4 Å². The van der Waals surface area contributed by atoms with Crippen molar-refractivity contribution in [2.75, 3.05) is 5.75 Å². The van der Waals surface area contributed by atoms with Gasteiger partial charge in [0.2, 0.25) is 0 Å². The Kier molecular flexibility index (Phi) is 3.42. The number of rotatable bonds is 4. The van der Waals surface area contributed by atoms with Crippen molar-refractivity contribution in [2.24, 2.45) is 14.1 Å². The lowest BCUT2D eigenvalue weighted by Crippen LogP contribution is -2.02. The number of hydrogen-bond donors (Lipinski definition) is 1. The highest BCUT2D eigenvalue weighted by atomic mass is 32.2. The number of carbonyl (C=O) groups is 1. The Hall–Kier alpha value is -2.28. The predicted octanol–water partition coefficient (Wildman–Crippen LogP) is 2.15. The highest BCUT2D eigenvalue weighted by Gasteiger charge is 2.16. The third-order valence-electron chi connectivity index (χ3n) is 3.34. The molecule has 21 heavy (non-hydrogen) atoms. The van der Waals surface area contributed by atoms with Gasteiger partial charge in [-0.15, -0.1) is 10.2 Å². The van der Waals surface area contributed by atoms with E-state index in [1.54, 1.807) is 0 Å². The normalized spacial score (nSPS) is 11.1. The molecule has 0 amide bonds. The average molecular weight is 302 g/mol. The molecule has 0 aliphatic carbocycles. The van der Waals surface area contributed by atoms with Gasteiger partial charge in [0.1, 0.15) is 0 Å². The molecule has 0 aliphatic heterocycles. The van der Waals surface area contributed by atoms with Gasteiger partial charge in [0, 0.05) is 25.0 Å². The molecule has 0 aliphatic rings. The molecule has 1 aromatic carbocycles. The third-order valence-corrected chi connectivity index (χ3v) is 4.35. The van der Waals surface area contributed by atoms with E-state index < -0.39 is 5.97 Å². The van der Waals surface area contributed by atoms with E-state index in [1.165, 1.54) is 0 Å². The molecule has 0 radical (unpaired) electrons. The summed E-state index contributed by atoms with van der Waals surface area (Å²) in [5.41, 5.74) is 2.07. The highest BCUT2D eigenvalue weighted by molar-refractivity contribution is 7.99. The summed E-state index contributed by atoms with van der Waals surface area (Å²) in [6.07, 6.45) is 0. The van der Waals surface area contributed by atoms with Gasteiger partial charge in [-0.25, -0.2) is 0 Å². The molecule has 0 atom stereocenters. The van der Waals surface area contributed by atoms with E-state index in [0.29, 0.717) is 5.16 Å². The zero-order chi connectivity index (χ0) is 15.0. The number of thioether (sulfide) groups is 1. The lowest BCUT2D eigenvalue weighted by atomic mass is 10.2. The van der Waals surface area contributed by atoms with Gasteiger partial charge < -0.3 is 14.2 Å². The minimum absolute atomic E-state index is 0.0267. The van der Waals surface area contributed by atoms with Crippen molar-refractivity contribution in [3.63, 3.8) is 0 Å². The van der Waals surface area contributed by atoms with Crippen LogP contribution in [0.5, 0.6) is 0 Å². The monoisotopic (exact) mass is 302 g/mol. The Morgan fingerprint density at radius 1 is 1.24 bits per heavy atom. The molecule has 0 unspecified atom stereocenters. The molecule has 108 valence electrons. The number of aromatic nitrogens is 4. The predicted molar refractivity (Wildman–Crippen MR) is 81.3 cm³/mol. The zero-order valence-corrected chi connectivity index (χ0v) is 12.5. The van der Waals surface area contributed by atoms with Crippen LogP contribution in [0.4, 0.5) is 0 Å². The molecule has 3 aromatic rings. The van der Waals surface area contributed by atoms with Crippen molar-refractivity contribution in [2.45, 2.75) is 5.16 Å². The Bertz CT molecular complexity index is 822. The fourth-order valence-electron chi connectivity index (χ4n) is 2.29. The van der Waals surface area contributed by atoms with Gasteiger partial charge >= 0.3 is 5.97 Å². The van der Waals surface area contributed by atoms with Crippen LogP contribution in [0.1, 0.15) is 0 Å². The number of hydrogen-bond acceptors (Lipinski definition) is 4. The fraction of sp³-hybridized carbons (Fsp3) is 0.214. The molecule has 7 heteroatoms. The lowest BCUT2D eigenvalue weighted by Gasteiger charge is -2.04. The Balaban J connectivity index is 2.03. The second-order valence-corrected chi connectivity index (χ2v) is 5.64. The maximum absolute atomic E-state index is 10.6. The van der Waals surface area contributed by atoms with Gasteiger partial charge in [0.05, 0.1) is 11.4 Å². The van der Waals surface area contributed by atoms with Crippen molar-refractivity contribution >= 4 is 28.6 Å². The summed E-state index contributed by atoms with van der Waals surface area (Å²) in [6, 6.07) is 10.2. The Labute approximate surface area is 125 Å². The van der Waals surface area contributed by atoms with E-state index in [9.17, 15) is 4.79 Å². The van der Waals surface area contributed by atoms with E-state index in [1.807, 2.05) is 30.8 Å². The number of fused-ring (bicyclic) bond motifs is 1. The van der Waals surface area contributed by atoms with Crippen LogP contribution in [-0.4, -0.2) is 36.2 Å². The van der Waals surface area contributed by atoms with Crippen LogP contribution in [0, 0.1) is 0 Å². The number of carboxylic acid groups (broad SMARTS) is 1. The topological polar surface area (TPSA) is 72.9 Å². The summed E-state index contributed by atoms with van der Waals surface area (Å²) in [4.78, 5) is 10.6. The number of aryl methyl sites for hydroxylation is 1. The molecule has 0 fully saturated rings. The molecule has 2 heterocycles. The van der Waals surface area contributed by atoms with Gasteiger partial charge in [-0.1, -0.05) is 30.0 Å². The molecule has 0 saturated carbocycles. The molecular weight excluding hydrogens is 288 g/mol. The summed E-state index contributed by atoms with van der Waals surface area (Å²) >= 11 is 1.16. The number of benzene rings is 1. The summed E-state index contributed by atoms with van der Waals surface area (Å²) in [7, 11) is 3.83. The number of carboxylic acids is 1. The molecular formula is C14H14N4O2S. The lowest BCUT2D eigenvalue weighted by molar-refractivity contribution is -0.133. The van der Waals surface area contributed by atoms with Crippen LogP contribution < -0.4 is 0 Å². The maximum atomic E-state index is 10.6. The zero-order valence-electron chi connectivity index (χ0n) is 11.6. The Morgan fingerprint density at radius 3 is 2.71 bits per heavy atom. The molecule has 1 N–H and O–H groups in total. The third kappa shape index (κ3) is 2.40. The van der Waals surface area contributed by atoms with E-state index in [2.05, 4.69) is 33.0 Å². The number of aliphatic carboxylic acids is 1. The van der Waals surface area contributed by atoms with Crippen molar-refractivity contribution in [3.8, 4) is 11.5 Å². The fourth-order valence-corrected chi connectivity index (χ4v) is 2.92. The van der Waals surface area contributed by atoms with E-state index in [4.69, 9.17) is 5.11 Å². The van der Waals surface area contributed by atoms with Crippen LogP contribution >= 0.6 is 11.8 Å². The van der Waals surface area contributed by atoms with Gasteiger partial charge in [0.25, 0.3) is 0 Å². The van der Waals surface area contributed by atoms with Crippen molar-refractivity contribution in [1.82, 2.24) is 19.3 Å². The van der Waals surface area contributed by atoms with Crippen LogP contribution in [0.15, 0.2) is 35.5 Å². The van der Waals surface area contributed by atoms with Crippen LogP contribution in [0.2, 0.25) is 0 Å². The van der Waals surface area contributed by atoms with Crippen molar-refractivity contribution < 1.29 is 9.90 Å². The van der Waals surface area contributed by atoms with E-state index in [-0.39, 0.29) is 5.75 Å². The minimum atomic E-state index is -0.867. The van der Waals surface area contributed by atoms with Gasteiger partial charge in [-0.05, 0) is 12.1 Å². The smallest absolute Gasteiger partial charge is 0.313 e. The Morgan fingerprint density at radius 2 is 2.00 bits per heavy atom. The first-order chi connectivity index (χ1) is 10.1. The van der Waals surface area contributed by atoms with Crippen LogP contribution in [0.3, 0.4) is 0 Å². The summed E-state index contributed by atoms with van der Waals surface area (Å²) in [5, 5.41) is 18.8. The quantitative estimate of drug-likeness (QED) is 0.748. The van der Waals surface area contributed by atoms with E-state index in [0.717, 1.165) is 34.2 Å². The standard InChI is InChI=1S/C14H14N4O2S/c1-17-10-6-4-3-5-9(10)7-11(17)13-15-16-14(18(13)2)21-8-12(19)20/h3-7H,8H2,1-2H3,(H,19,20). The maximum Gasteiger partial charge on any atom is 0.313 e. The molecule has 3 rings (SSSR count). The molecule has 0 spiro atoms.